The molecule has 2 unspecified atom stereocenters. The molecule has 2 aromatic rings. The standard InChI is InChI=1S/C22H27F2N3O2/c1-15(17-7-10-19(23)20(24)13-17)26-22(28)25-14-21(27-11-3-4-12-27)16-5-8-18(29-2)9-6-16/h5-10,13,15,21H,3-4,11-12,14H2,1-2H3,(H2,25,26,28). The van der Waals surface area contributed by atoms with E-state index in [1.807, 2.05) is 24.3 Å². The maximum atomic E-state index is 13.4. The number of rotatable bonds is 7. The molecule has 1 aliphatic heterocycles. The molecular formula is C22H27F2N3O2. The first kappa shape index (κ1) is 21.0. The number of hydrogen-bond donors (Lipinski definition) is 2. The number of nitrogens with zero attached hydrogens (tertiary/aromatic N) is 1. The number of ether oxygens (including phenoxy) is 1. The van der Waals surface area contributed by atoms with Crippen LogP contribution in [-0.4, -0.2) is 37.7 Å². The average molecular weight is 403 g/mol. The zero-order valence-electron chi connectivity index (χ0n) is 16.8. The van der Waals surface area contributed by atoms with Crippen molar-refractivity contribution in [3.05, 3.63) is 65.2 Å². The van der Waals surface area contributed by atoms with Gasteiger partial charge in [-0.2, -0.15) is 0 Å². The van der Waals surface area contributed by atoms with Crippen LogP contribution in [0.2, 0.25) is 0 Å². The fourth-order valence-corrected chi connectivity index (χ4v) is 3.64. The average Bonchev–Trinajstić information content (AvgIpc) is 3.25. The topological polar surface area (TPSA) is 53.6 Å². The molecule has 5 nitrogen and oxygen atoms in total. The number of nitrogens with one attached hydrogen (secondary N) is 2. The maximum absolute atomic E-state index is 13.4. The summed E-state index contributed by atoms with van der Waals surface area (Å²) in [6, 6.07) is 10.8. The fraction of sp³-hybridized carbons (Fsp3) is 0.409. The molecule has 0 spiro atoms. The molecule has 1 saturated heterocycles. The van der Waals surface area contributed by atoms with E-state index in [0.717, 1.165) is 49.4 Å². The molecule has 29 heavy (non-hydrogen) atoms. The first-order chi connectivity index (χ1) is 14.0. The van der Waals surface area contributed by atoms with Crippen LogP contribution in [-0.2, 0) is 0 Å². The monoisotopic (exact) mass is 403 g/mol. The molecular weight excluding hydrogens is 376 g/mol. The van der Waals surface area contributed by atoms with Crippen molar-refractivity contribution < 1.29 is 18.3 Å². The van der Waals surface area contributed by atoms with Crippen LogP contribution in [0.25, 0.3) is 0 Å². The summed E-state index contributed by atoms with van der Waals surface area (Å²) in [6.45, 7) is 4.16. The molecule has 2 atom stereocenters. The van der Waals surface area contributed by atoms with Gasteiger partial charge in [0.2, 0.25) is 0 Å². The van der Waals surface area contributed by atoms with Gasteiger partial charge in [0.25, 0.3) is 0 Å². The van der Waals surface area contributed by atoms with Gasteiger partial charge >= 0.3 is 6.03 Å². The number of amides is 2. The Kier molecular flexibility index (Phi) is 7.04. The summed E-state index contributed by atoms with van der Waals surface area (Å²) in [7, 11) is 1.63. The molecule has 2 N–H and O–H groups in total. The lowest BCUT2D eigenvalue weighted by Gasteiger charge is -2.28. The number of carbonyl (C=O) groups is 1. The highest BCUT2D eigenvalue weighted by Crippen LogP contribution is 2.26. The normalized spacial score (nSPS) is 16.3. The predicted octanol–water partition coefficient (Wildman–Crippen LogP) is 4.17. The Morgan fingerprint density at radius 2 is 1.72 bits per heavy atom. The van der Waals surface area contributed by atoms with Crippen LogP contribution in [0.3, 0.4) is 0 Å². The molecule has 3 rings (SSSR count). The second kappa shape index (κ2) is 9.69. The van der Waals surface area contributed by atoms with Crippen molar-refractivity contribution >= 4 is 6.03 Å². The molecule has 156 valence electrons. The Hall–Kier alpha value is -2.67. The number of urea groups is 1. The SMILES string of the molecule is COc1ccc(C(CNC(=O)NC(C)c2ccc(F)c(F)c2)N2CCCC2)cc1. The molecule has 0 aromatic heterocycles. The highest BCUT2D eigenvalue weighted by atomic mass is 19.2. The highest BCUT2D eigenvalue weighted by Gasteiger charge is 2.24. The lowest BCUT2D eigenvalue weighted by Crippen LogP contribution is -2.42. The van der Waals surface area contributed by atoms with Crippen molar-refractivity contribution in [1.29, 1.82) is 0 Å². The van der Waals surface area contributed by atoms with E-state index < -0.39 is 17.7 Å². The first-order valence-corrected chi connectivity index (χ1v) is 9.85. The number of benzene rings is 2. The summed E-state index contributed by atoms with van der Waals surface area (Å²) < 4.78 is 31.8. The number of likely N-dealkylation sites (tertiary alicyclic amines) is 1. The van der Waals surface area contributed by atoms with Crippen molar-refractivity contribution in [2.24, 2.45) is 0 Å². The van der Waals surface area contributed by atoms with Crippen LogP contribution < -0.4 is 15.4 Å². The molecule has 2 amide bonds. The van der Waals surface area contributed by atoms with Gasteiger partial charge in [-0.25, -0.2) is 13.6 Å². The van der Waals surface area contributed by atoms with E-state index in [0.29, 0.717) is 12.1 Å². The van der Waals surface area contributed by atoms with Crippen molar-refractivity contribution in [2.45, 2.75) is 31.8 Å². The minimum atomic E-state index is -0.926. The number of methoxy groups -OCH3 is 1. The Balaban J connectivity index is 1.61. The summed E-state index contributed by atoms with van der Waals surface area (Å²) in [5.41, 5.74) is 1.62. The number of hydrogen-bond acceptors (Lipinski definition) is 3. The van der Waals surface area contributed by atoms with Gasteiger partial charge in [-0.15, -0.1) is 0 Å². The first-order valence-electron chi connectivity index (χ1n) is 9.85. The number of halogens is 2. The van der Waals surface area contributed by atoms with E-state index in [1.165, 1.54) is 6.07 Å². The van der Waals surface area contributed by atoms with E-state index in [-0.39, 0.29) is 12.1 Å². The van der Waals surface area contributed by atoms with Crippen molar-refractivity contribution in [1.82, 2.24) is 15.5 Å². The van der Waals surface area contributed by atoms with E-state index in [4.69, 9.17) is 4.74 Å². The molecule has 2 aromatic carbocycles. The van der Waals surface area contributed by atoms with Crippen LogP contribution in [0.1, 0.15) is 43.0 Å². The third-order valence-electron chi connectivity index (χ3n) is 5.33. The van der Waals surface area contributed by atoms with E-state index in [9.17, 15) is 13.6 Å². The summed E-state index contributed by atoms with van der Waals surface area (Å²) in [4.78, 5) is 14.8. The second-order valence-electron chi connectivity index (χ2n) is 7.28. The van der Waals surface area contributed by atoms with Crippen molar-refractivity contribution in [2.75, 3.05) is 26.7 Å². The lowest BCUT2D eigenvalue weighted by molar-refractivity contribution is 0.219. The molecule has 1 aliphatic rings. The molecule has 7 heteroatoms. The summed E-state index contributed by atoms with van der Waals surface area (Å²) in [6.07, 6.45) is 2.29. The Labute approximate surface area is 170 Å². The van der Waals surface area contributed by atoms with Crippen LogP contribution in [0.5, 0.6) is 5.75 Å². The van der Waals surface area contributed by atoms with Gasteiger partial charge in [0.15, 0.2) is 11.6 Å². The zero-order valence-corrected chi connectivity index (χ0v) is 16.8. The van der Waals surface area contributed by atoms with Crippen LogP contribution >= 0.6 is 0 Å². The van der Waals surface area contributed by atoms with Gasteiger partial charge < -0.3 is 15.4 Å². The summed E-state index contributed by atoms with van der Waals surface area (Å²) >= 11 is 0. The third kappa shape index (κ3) is 5.44. The van der Waals surface area contributed by atoms with Crippen molar-refractivity contribution in [3.63, 3.8) is 0 Å². The molecule has 0 aliphatic carbocycles. The van der Waals surface area contributed by atoms with E-state index in [2.05, 4.69) is 15.5 Å². The fourth-order valence-electron chi connectivity index (χ4n) is 3.64. The quantitative estimate of drug-likeness (QED) is 0.730. The summed E-state index contributed by atoms with van der Waals surface area (Å²) in [5, 5.41) is 5.70. The van der Waals surface area contributed by atoms with Gasteiger partial charge in [0.05, 0.1) is 19.2 Å². The van der Waals surface area contributed by atoms with Gasteiger partial charge in [-0.05, 0) is 68.2 Å². The van der Waals surface area contributed by atoms with Crippen molar-refractivity contribution in [3.8, 4) is 5.75 Å². The zero-order chi connectivity index (χ0) is 20.8. The van der Waals surface area contributed by atoms with Crippen LogP contribution in [0.15, 0.2) is 42.5 Å². The smallest absolute Gasteiger partial charge is 0.315 e. The van der Waals surface area contributed by atoms with Gasteiger partial charge in [0, 0.05) is 6.54 Å². The van der Waals surface area contributed by atoms with Gasteiger partial charge in [0.1, 0.15) is 5.75 Å². The van der Waals surface area contributed by atoms with Gasteiger partial charge in [-0.1, -0.05) is 18.2 Å². The second-order valence-corrected chi connectivity index (χ2v) is 7.28. The summed E-state index contributed by atoms with van der Waals surface area (Å²) in [5.74, 6) is -1.04. The molecule has 1 heterocycles. The van der Waals surface area contributed by atoms with Crippen LogP contribution in [0.4, 0.5) is 13.6 Å². The Morgan fingerprint density at radius 3 is 2.34 bits per heavy atom. The minimum absolute atomic E-state index is 0.0627. The lowest BCUT2D eigenvalue weighted by atomic mass is 10.1. The highest BCUT2D eigenvalue weighted by molar-refractivity contribution is 5.74. The Morgan fingerprint density at radius 1 is 1.07 bits per heavy atom. The van der Waals surface area contributed by atoms with Crippen LogP contribution in [0, 0.1) is 11.6 Å². The molecule has 0 bridgehead atoms. The molecule has 0 saturated carbocycles. The predicted molar refractivity (Wildman–Crippen MR) is 108 cm³/mol. The van der Waals surface area contributed by atoms with E-state index in [1.54, 1.807) is 14.0 Å². The largest absolute Gasteiger partial charge is 0.497 e. The Bertz CT molecular complexity index is 823. The molecule has 0 radical (unpaired) electrons. The minimum Gasteiger partial charge on any atom is -0.497 e. The van der Waals surface area contributed by atoms with E-state index >= 15 is 0 Å². The van der Waals surface area contributed by atoms with Gasteiger partial charge in [-0.3, -0.25) is 4.90 Å². The third-order valence-corrected chi connectivity index (χ3v) is 5.33. The molecule has 1 fully saturated rings. The number of carbonyl (C=O) groups excluding carboxylic acids is 1. The maximum Gasteiger partial charge on any atom is 0.315 e.